The van der Waals surface area contributed by atoms with Gasteiger partial charge in [-0.05, 0) is 25.7 Å². The summed E-state index contributed by atoms with van der Waals surface area (Å²) in [6, 6.07) is 0. The minimum Gasteiger partial charge on any atom is -0.388 e. The molecule has 0 unspecified atom stereocenters. The van der Waals surface area contributed by atoms with Gasteiger partial charge in [0, 0.05) is 6.61 Å². The van der Waals surface area contributed by atoms with Crippen molar-refractivity contribution in [1.29, 1.82) is 0 Å². The van der Waals surface area contributed by atoms with Crippen molar-refractivity contribution in [2.75, 3.05) is 19.8 Å². The van der Waals surface area contributed by atoms with Crippen molar-refractivity contribution in [3.63, 3.8) is 0 Å². The lowest BCUT2D eigenvalue weighted by molar-refractivity contribution is -0.0813. The molecule has 4 atom stereocenters. The summed E-state index contributed by atoms with van der Waals surface area (Å²) in [4.78, 5) is 0. The monoisotopic (exact) mass is 344 g/mol. The molecule has 3 N–H and O–H groups in total. The van der Waals surface area contributed by atoms with E-state index < -0.39 is 24.4 Å². The highest BCUT2D eigenvalue weighted by Crippen LogP contribution is 2.18. The van der Waals surface area contributed by atoms with Gasteiger partial charge in [-0.15, -0.1) is 0 Å². The molecule has 0 bridgehead atoms. The first kappa shape index (κ1) is 21.6. The van der Waals surface area contributed by atoms with E-state index in [1.165, 1.54) is 38.5 Å². The van der Waals surface area contributed by atoms with E-state index in [0.717, 1.165) is 19.3 Å². The van der Waals surface area contributed by atoms with Crippen molar-refractivity contribution < 1.29 is 24.8 Å². The maximum atomic E-state index is 9.89. The molecule has 1 aliphatic rings. The van der Waals surface area contributed by atoms with Gasteiger partial charge in [0.2, 0.25) is 0 Å². The van der Waals surface area contributed by atoms with Crippen molar-refractivity contribution in [2.45, 2.75) is 89.1 Å². The topological polar surface area (TPSA) is 79.2 Å². The number of hydrogen-bond acceptors (Lipinski definition) is 5. The first-order chi connectivity index (χ1) is 11.7. The van der Waals surface area contributed by atoms with Crippen LogP contribution < -0.4 is 0 Å². The van der Waals surface area contributed by atoms with Gasteiger partial charge in [-0.25, -0.2) is 0 Å². The Bertz CT molecular complexity index is 321. The molecule has 1 rings (SSSR count). The van der Waals surface area contributed by atoms with E-state index >= 15 is 0 Å². The van der Waals surface area contributed by atoms with E-state index in [9.17, 15) is 15.3 Å². The summed E-state index contributed by atoms with van der Waals surface area (Å²) in [7, 11) is 0. The average Bonchev–Trinajstić information content (AvgIpc) is 2.91. The van der Waals surface area contributed by atoms with Crippen LogP contribution in [0.15, 0.2) is 12.2 Å². The molecule has 5 nitrogen and oxygen atoms in total. The third kappa shape index (κ3) is 9.14. The molecule has 1 heterocycles. The molecule has 0 aromatic rings. The Morgan fingerprint density at radius 3 is 2.33 bits per heavy atom. The molecule has 0 spiro atoms. The zero-order valence-corrected chi connectivity index (χ0v) is 15.1. The van der Waals surface area contributed by atoms with Crippen molar-refractivity contribution >= 4 is 0 Å². The smallest absolute Gasteiger partial charge is 0.114 e. The fourth-order valence-corrected chi connectivity index (χ4v) is 2.90. The van der Waals surface area contributed by atoms with E-state index in [2.05, 4.69) is 19.1 Å². The summed E-state index contributed by atoms with van der Waals surface area (Å²) >= 11 is 0. The minimum absolute atomic E-state index is 0.0672. The Kier molecular flexibility index (Phi) is 12.4. The normalized spacial score (nSPS) is 25.6. The molecule has 1 saturated heterocycles. The van der Waals surface area contributed by atoms with Crippen LogP contribution in [0.3, 0.4) is 0 Å². The summed E-state index contributed by atoms with van der Waals surface area (Å²) < 4.78 is 10.6. The maximum Gasteiger partial charge on any atom is 0.114 e. The molecule has 142 valence electrons. The summed E-state index contributed by atoms with van der Waals surface area (Å²) in [5.41, 5.74) is 0. The third-order valence-corrected chi connectivity index (χ3v) is 4.42. The number of aliphatic hydroxyl groups is 3. The van der Waals surface area contributed by atoms with Crippen LogP contribution in [0, 0.1) is 0 Å². The lowest BCUT2D eigenvalue weighted by atomic mass is 10.1. The zero-order valence-electron chi connectivity index (χ0n) is 15.1. The Balaban J connectivity index is 1.84. The van der Waals surface area contributed by atoms with Gasteiger partial charge in [0.25, 0.3) is 0 Å². The second kappa shape index (κ2) is 13.8. The fourth-order valence-electron chi connectivity index (χ4n) is 2.90. The SMILES string of the molecule is CC/C=C/CCCCCCCCCOC[C@@H](O)[C@@H]1OC[C@H](O)[C@@H]1O. The van der Waals surface area contributed by atoms with E-state index in [0.29, 0.717) is 6.61 Å². The minimum atomic E-state index is -1.03. The van der Waals surface area contributed by atoms with Crippen LogP contribution >= 0.6 is 0 Å². The Morgan fingerprint density at radius 2 is 1.71 bits per heavy atom. The molecule has 1 fully saturated rings. The van der Waals surface area contributed by atoms with Gasteiger partial charge >= 0.3 is 0 Å². The predicted molar refractivity (Wildman–Crippen MR) is 94.9 cm³/mol. The molecular formula is C19H36O5. The Labute approximate surface area is 146 Å². The number of rotatable bonds is 14. The molecule has 1 aliphatic heterocycles. The highest BCUT2D eigenvalue weighted by atomic mass is 16.5. The van der Waals surface area contributed by atoms with Crippen LogP contribution in [-0.2, 0) is 9.47 Å². The number of allylic oxidation sites excluding steroid dienone is 2. The van der Waals surface area contributed by atoms with Crippen molar-refractivity contribution in [3.05, 3.63) is 12.2 Å². The van der Waals surface area contributed by atoms with Gasteiger partial charge in [-0.2, -0.15) is 0 Å². The molecule has 0 aliphatic carbocycles. The largest absolute Gasteiger partial charge is 0.388 e. The summed E-state index contributed by atoms with van der Waals surface area (Å²) in [5.74, 6) is 0. The van der Waals surface area contributed by atoms with E-state index in [-0.39, 0.29) is 13.2 Å². The first-order valence-electron chi connectivity index (χ1n) is 9.55. The molecule has 24 heavy (non-hydrogen) atoms. The molecular weight excluding hydrogens is 308 g/mol. The quantitative estimate of drug-likeness (QED) is 0.333. The van der Waals surface area contributed by atoms with E-state index in [1.54, 1.807) is 0 Å². The second-order valence-corrected chi connectivity index (χ2v) is 6.64. The van der Waals surface area contributed by atoms with Crippen LogP contribution in [0.25, 0.3) is 0 Å². The predicted octanol–water partition coefficient (Wildman–Crippen LogP) is 2.57. The van der Waals surface area contributed by atoms with Crippen LogP contribution in [0.1, 0.15) is 64.7 Å². The molecule has 0 amide bonds. The van der Waals surface area contributed by atoms with Crippen molar-refractivity contribution in [2.24, 2.45) is 0 Å². The number of ether oxygens (including phenoxy) is 2. The van der Waals surface area contributed by atoms with Crippen molar-refractivity contribution in [3.8, 4) is 0 Å². The van der Waals surface area contributed by atoms with E-state index in [1.807, 2.05) is 0 Å². The lowest BCUT2D eigenvalue weighted by Crippen LogP contribution is -2.40. The molecule has 0 saturated carbocycles. The highest BCUT2D eigenvalue weighted by molar-refractivity contribution is 4.87. The van der Waals surface area contributed by atoms with Gasteiger partial charge in [0.05, 0.1) is 13.2 Å². The number of aliphatic hydroxyl groups excluding tert-OH is 3. The second-order valence-electron chi connectivity index (χ2n) is 6.64. The van der Waals surface area contributed by atoms with Crippen molar-refractivity contribution in [1.82, 2.24) is 0 Å². The summed E-state index contributed by atoms with van der Waals surface area (Å²) in [5, 5.41) is 28.9. The Hall–Kier alpha value is -0.460. The first-order valence-corrected chi connectivity index (χ1v) is 9.55. The standard InChI is InChI=1S/C19H36O5/c1-2-3-4-5-6-7-8-9-10-11-12-13-23-14-17(21)19-18(22)16(20)15-24-19/h3-4,16-22H,2,5-15H2,1H3/b4-3+/t16-,17+,18-,19-/m0/s1. The zero-order chi connectivity index (χ0) is 17.6. The van der Waals surface area contributed by atoms with Gasteiger partial charge in [0.1, 0.15) is 24.4 Å². The molecule has 0 aromatic carbocycles. The third-order valence-electron chi connectivity index (χ3n) is 4.42. The van der Waals surface area contributed by atoms with Crippen LogP contribution in [0.4, 0.5) is 0 Å². The van der Waals surface area contributed by atoms with Gasteiger partial charge < -0.3 is 24.8 Å². The number of unbranched alkanes of at least 4 members (excludes halogenated alkanes) is 7. The highest BCUT2D eigenvalue weighted by Gasteiger charge is 2.39. The van der Waals surface area contributed by atoms with Gasteiger partial charge in [0.15, 0.2) is 0 Å². The van der Waals surface area contributed by atoms with E-state index in [4.69, 9.17) is 9.47 Å². The molecule has 5 heteroatoms. The molecule has 0 aromatic heterocycles. The molecule has 0 radical (unpaired) electrons. The average molecular weight is 344 g/mol. The fraction of sp³-hybridized carbons (Fsp3) is 0.895. The summed E-state index contributed by atoms with van der Waals surface area (Å²) in [6.07, 6.45) is 11.8. The van der Waals surface area contributed by atoms with Crippen LogP contribution in [0.2, 0.25) is 0 Å². The lowest BCUT2D eigenvalue weighted by Gasteiger charge is -2.20. The van der Waals surface area contributed by atoms with Gasteiger partial charge in [-0.1, -0.05) is 51.2 Å². The Morgan fingerprint density at radius 1 is 1.04 bits per heavy atom. The van der Waals surface area contributed by atoms with Crippen LogP contribution in [0.5, 0.6) is 0 Å². The van der Waals surface area contributed by atoms with Crippen LogP contribution in [-0.4, -0.2) is 59.6 Å². The van der Waals surface area contributed by atoms with Gasteiger partial charge in [-0.3, -0.25) is 0 Å². The maximum absolute atomic E-state index is 9.89. The summed E-state index contributed by atoms with van der Waals surface area (Å²) in [6.45, 7) is 2.99. The number of hydrogen-bond donors (Lipinski definition) is 3.